The highest BCUT2D eigenvalue weighted by Gasteiger charge is 2.26. The molecule has 1 aliphatic carbocycles. The van der Waals surface area contributed by atoms with Gasteiger partial charge in [-0.3, -0.25) is 9.69 Å². The number of carbonyl (C=O) groups excluding carboxylic acids is 1. The van der Waals surface area contributed by atoms with Gasteiger partial charge in [0, 0.05) is 31.2 Å². The molecule has 0 unspecified atom stereocenters. The van der Waals surface area contributed by atoms with Gasteiger partial charge >= 0.3 is 0 Å². The number of rotatable bonds is 4. The molecule has 4 heteroatoms. The summed E-state index contributed by atoms with van der Waals surface area (Å²) in [6, 6.07) is 7.19. The standard InChI is InChI=1S/C21H31N3O/c25-21(23-15-16-6-10-22-11-7-16)19-5-4-17-8-12-24(20-2-1-3-20)13-9-18(17)14-19/h4-5,14,16,20,22H,1-3,6-13,15H2,(H,23,25). The average Bonchev–Trinajstić information content (AvgIpc) is 2.81. The third-order valence-electron chi connectivity index (χ3n) is 6.41. The molecule has 0 radical (unpaired) electrons. The maximum atomic E-state index is 12.5. The summed E-state index contributed by atoms with van der Waals surface area (Å²) in [6.07, 6.45) is 8.70. The van der Waals surface area contributed by atoms with Crippen LogP contribution in [0.15, 0.2) is 18.2 Å². The van der Waals surface area contributed by atoms with E-state index in [1.807, 2.05) is 6.07 Å². The SMILES string of the molecule is O=C(NCC1CCNCC1)c1ccc2c(c1)CCN(C1CCC1)CC2. The van der Waals surface area contributed by atoms with Crippen LogP contribution < -0.4 is 10.6 Å². The van der Waals surface area contributed by atoms with Crippen LogP contribution in [-0.2, 0) is 12.8 Å². The highest BCUT2D eigenvalue weighted by atomic mass is 16.1. The lowest BCUT2D eigenvalue weighted by Gasteiger charge is -2.36. The number of amides is 1. The number of hydrogen-bond acceptors (Lipinski definition) is 3. The van der Waals surface area contributed by atoms with Gasteiger partial charge in [-0.1, -0.05) is 12.5 Å². The number of piperidine rings is 1. The molecule has 2 N–H and O–H groups in total. The summed E-state index contributed by atoms with van der Waals surface area (Å²) in [5.74, 6) is 0.725. The van der Waals surface area contributed by atoms with E-state index in [4.69, 9.17) is 0 Å². The summed E-state index contributed by atoms with van der Waals surface area (Å²) in [5.41, 5.74) is 3.66. The summed E-state index contributed by atoms with van der Waals surface area (Å²) in [7, 11) is 0. The Morgan fingerprint density at radius 3 is 2.56 bits per heavy atom. The fraction of sp³-hybridized carbons (Fsp3) is 0.667. The first-order valence-corrected chi connectivity index (χ1v) is 10.1. The number of fused-ring (bicyclic) bond motifs is 1. The van der Waals surface area contributed by atoms with Crippen molar-refractivity contribution in [1.82, 2.24) is 15.5 Å². The molecule has 1 aromatic rings. The molecular weight excluding hydrogens is 310 g/mol. The van der Waals surface area contributed by atoms with Gasteiger partial charge < -0.3 is 10.6 Å². The second kappa shape index (κ2) is 7.88. The first kappa shape index (κ1) is 17.0. The Morgan fingerprint density at radius 1 is 1.08 bits per heavy atom. The van der Waals surface area contributed by atoms with Crippen molar-refractivity contribution in [2.24, 2.45) is 5.92 Å². The Hall–Kier alpha value is -1.39. The minimum atomic E-state index is 0.0985. The predicted molar refractivity (Wildman–Crippen MR) is 101 cm³/mol. The van der Waals surface area contributed by atoms with E-state index in [-0.39, 0.29) is 5.91 Å². The third kappa shape index (κ3) is 4.06. The fourth-order valence-corrected chi connectivity index (χ4v) is 4.43. The van der Waals surface area contributed by atoms with Crippen LogP contribution in [-0.4, -0.2) is 49.6 Å². The van der Waals surface area contributed by atoms with Gasteiger partial charge in [0.1, 0.15) is 0 Å². The molecule has 2 fully saturated rings. The van der Waals surface area contributed by atoms with Gasteiger partial charge in [0.25, 0.3) is 5.91 Å². The van der Waals surface area contributed by atoms with E-state index in [1.54, 1.807) is 0 Å². The zero-order chi connectivity index (χ0) is 17.1. The fourth-order valence-electron chi connectivity index (χ4n) is 4.43. The first-order valence-electron chi connectivity index (χ1n) is 10.1. The lowest BCUT2D eigenvalue weighted by Crippen LogP contribution is -2.41. The lowest BCUT2D eigenvalue weighted by atomic mass is 9.91. The second-order valence-corrected chi connectivity index (χ2v) is 8.01. The molecular formula is C21H31N3O. The molecule has 1 aromatic carbocycles. The summed E-state index contributed by atoms with van der Waals surface area (Å²) in [4.78, 5) is 15.2. The van der Waals surface area contributed by atoms with Gasteiger partial charge in [-0.25, -0.2) is 0 Å². The number of benzene rings is 1. The van der Waals surface area contributed by atoms with Gasteiger partial charge in [0.15, 0.2) is 0 Å². The molecule has 3 aliphatic rings. The minimum absolute atomic E-state index is 0.0985. The van der Waals surface area contributed by atoms with Crippen molar-refractivity contribution in [3.05, 3.63) is 34.9 Å². The lowest BCUT2D eigenvalue weighted by molar-refractivity contribution is 0.0944. The molecule has 136 valence electrons. The van der Waals surface area contributed by atoms with Gasteiger partial charge in [-0.15, -0.1) is 0 Å². The van der Waals surface area contributed by atoms with Crippen molar-refractivity contribution < 1.29 is 4.79 Å². The van der Waals surface area contributed by atoms with E-state index in [1.165, 1.54) is 49.8 Å². The van der Waals surface area contributed by atoms with Crippen LogP contribution in [0.25, 0.3) is 0 Å². The van der Waals surface area contributed by atoms with E-state index in [2.05, 4.69) is 27.7 Å². The molecule has 2 aliphatic heterocycles. The quantitative estimate of drug-likeness (QED) is 0.884. The van der Waals surface area contributed by atoms with Crippen LogP contribution in [0.4, 0.5) is 0 Å². The van der Waals surface area contributed by atoms with E-state index in [9.17, 15) is 4.79 Å². The molecule has 4 nitrogen and oxygen atoms in total. The van der Waals surface area contributed by atoms with Gasteiger partial charge in [0.2, 0.25) is 0 Å². The molecule has 25 heavy (non-hydrogen) atoms. The van der Waals surface area contributed by atoms with E-state index >= 15 is 0 Å². The topological polar surface area (TPSA) is 44.4 Å². The molecule has 0 atom stereocenters. The van der Waals surface area contributed by atoms with Crippen molar-refractivity contribution in [2.75, 3.05) is 32.7 Å². The van der Waals surface area contributed by atoms with Gasteiger partial charge in [0.05, 0.1) is 0 Å². The summed E-state index contributed by atoms with van der Waals surface area (Å²) >= 11 is 0. The summed E-state index contributed by atoms with van der Waals surface area (Å²) in [6.45, 7) is 5.30. The Labute approximate surface area is 151 Å². The third-order valence-corrected chi connectivity index (χ3v) is 6.41. The Morgan fingerprint density at radius 2 is 1.84 bits per heavy atom. The van der Waals surface area contributed by atoms with Crippen molar-refractivity contribution in [1.29, 1.82) is 0 Å². The molecule has 1 saturated heterocycles. The van der Waals surface area contributed by atoms with Crippen molar-refractivity contribution in [2.45, 2.75) is 51.0 Å². The Kier molecular flexibility index (Phi) is 5.37. The predicted octanol–water partition coefficient (Wildman–Crippen LogP) is 2.37. The van der Waals surface area contributed by atoms with Crippen LogP contribution in [0, 0.1) is 5.92 Å². The number of carbonyl (C=O) groups is 1. The smallest absolute Gasteiger partial charge is 0.251 e. The van der Waals surface area contributed by atoms with Crippen LogP contribution in [0.3, 0.4) is 0 Å². The first-order chi connectivity index (χ1) is 12.3. The summed E-state index contributed by atoms with van der Waals surface area (Å²) < 4.78 is 0. The maximum Gasteiger partial charge on any atom is 0.251 e. The molecule has 0 spiro atoms. The second-order valence-electron chi connectivity index (χ2n) is 8.01. The minimum Gasteiger partial charge on any atom is -0.352 e. The largest absolute Gasteiger partial charge is 0.352 e. The normalized spacial score (nSPS) is 22.7. The highest BCUT2D eigenvalue weighted by molar-refractivity contribution is 5.94. The van der Waals surface area contributed by atoms with Crippen molar-refractivity contribution in [3.8, 4) is 0 Å². The van der Waals surface area contributed by atoms with Crippen LogP contribution in [0.2, 0.25) is 0 Å². The van der Waals surface area contributed by atoms with Gasteiger partial charge in [-0.05, 0) is 80.8 Å². The van der Waals surface area contributed by atoms with Crippen molar-refractivity contribution in [3.63, 3.8) is 0 Å². The van der Waals surface area contributed by atoms with E-state index in [0.717, 1.165) is 50.6 Å². The molecule has 4 rings (SSSR count). The Bertz CT molecular complexity index is 605. The van der Waals surface area contributed by atoms with E-state index < -0.39 is 0 Å². The maximum absolute atomic E-state index is 12.5. The molecule has 1 amide bonds. The zero-order valence-corrected chi connectivity index (χ0v) is 15.2. The Balaban J connectivity index is 1.35. The summed E-state index contributed by atoms with van der Waals surface area (Å²) in [5, 5.41) is 6.54. The van der Waals surface area contributed by atoms with E-state index in [0.29, 0.717) is 5.92 Å². The molecule has 0 bridgehead atoms. The van der Waals surface area contributed by atoms with Crippen LogP contribution in [0.1, 0.15) is 53.6 Å². The van der Waals surface area contributed by atoms with Crippen LogP contribution >= 0.6 is 0 Å². The van der Waals surface area contributed by atoms with Gasteiger partial charge in [-0.2, -0.15) is 0 Å². The zero-order valence-electron chi connectivity index (χ0n) is 15.2. The molecule has 0 aromatic heterocycles. The molecule has 1 saturated carbocycles. The average molecular weight is 341 g/mol. The number of hydrogen-bond donors (Lipinski definition) is 2. The number of nitrogens with one attached hydrogen (secondary N) is 2. The van der Waals surface area contributed by atoms with Crippen LogP contribution in [0.5, 0.6) is 0 Å². The number of nitrogens with zero attached hydrogens (tertiary/aromatic N) is 1. The van der Waals surface area contributed by atoms with Crippen molar-refractivity contribution >= 4 is 5.91 Å². The molecule has 2 heterocycles. The monoisotopic (exact) mass is 341 g/mol. The highest BCUT2D eigenvalue weighted by Crippen LogP contribution is 2.27.